The smallest absolute Gasteiger partial charge is 0.245 e. The Kier molecular flexibility index (Phi) is 5.57. The molecule has 1 heterocycles. The van der Waals surface area contributed by atoms with E-state index in [1.54, 1.807) is 6.20 Å². The largest absolute Gasteiger partial charge is 0.473 e. The Bertz CT molecular complexity index is 356. The van der Waals surface area contributed by atoms with Crippen LogP contribution in [-0.2, 0) is 0 Å². The summed E-state index contributed by atoms with van der Waals surface area (Å²) in [5.41, 5.74) is 0. The van der Waals surface area contributed by atoms with Crippen molar-refractivity contribution in [3.63, 3.8) is 0 Å². The predicted molar refractivity (Wildman–Crippen MR) is 70.8 cm³/mol. The van der Waals surface area contributed by atoms with Crippen molar-refractivity contribution in [3.8, 4) is 5.88 Å². The van der Waals surface area contributed by atoms with Crippen molar-refractivity contribution >= 4 is 11.7 Å². The van der Waals surface area contributed by atoms with Gasteiger partial charge in [0.05, 0.1) is 11.7 Å². The molecule has 1 aromatic rings. The van der Waals surface area contributed by atoms with E-state index in [9.17, 15) is 5.11 Å². The van der Waals surface area contributed by atoms with E-state index >= 15 is 0 Å². The molecule has 0 radical (unpaired) electrons. The van der Waals surface area contributed by atoms with Gasteiger partial charge in [-0.15, -0.1) is 4.37 Å². The molecule has 0 spiro atoms. The van der Waals surface area contributed by atoms with E-state index in [1.807, 2.05) is 0 Å². The molecule has 2 rings (SSSR count). The predicted octanol–water partition coefficient (Wildman–Crippen LogP) is 1.22. The molecule has 1 aliphatic carbocycles. The molecule has 2 atom stereocenters. The summed E-state index contributed by atoms with van der Waals surface area (Å²) in [7, 11) is 0. The molecule has 0 aromatic carbocycles. The van der Waals surface area contributed by atoms with E-state index < -0.39 is 6.10 Å². The third-order valence-electron chi connectivity index (χ3n) is 2.96. The Hall–Kier alpha value is -0.980. The van der Waals surface area contributed by atoms with Crippen LogP contribution >= 0.6 is 11.7 Å². The lowest BCUT2D eigenvalue weighted by molar-refractivity contribution is 0.103. The van der Waals surface area contributed by atoms with Gasteiger partial charge >= 0.3 is 0 Å². The van der Waals surface area contributed by atoms with E-state index in [4.69, 9.17) is 4.74 Å². The molecule has 100 valence electrons. The minimum Gasteiger partial charge on any atom is -0.473 e. The van der Waals surface area contributed by atoms with Gasteiger partial charge in [0.15, 0.2) is 0 Å². The van der Waals surface area contributed by atoms with Crippen molar-refractivity contribution in [2.24, 2.45) is 5.92 Å². The van der Waals surface area contributed by atoms with Crippen molar-refractivity contribution in [1.82, 2.24) is 14.1 Å². The van der Waals surface area contributed by atoms with Crippen LogP contribution in [0.15, 0.2) is 18.3 Å². The van der Waals surface area contributed by atoms with Crippen molar-refractivity contribution in [3.05, 3.63) is 18.3 Å². The lowest BCUT2D eigenvalue weighted by Gasteiger charge is -2.19. The minimum absolute atomic E-state index is 0.253. The standard InChI is InChI=1S/C12H19N3O2S/c16-11(9-17-12-8-14-18-15-12)7-13-6-10-4-2-1-3-5-10/h1-2,8,10-11,13,16H,3-7,9H2. The first kappa shape index (κ1) is 13.5. The van der Waals surface area contributed by atoms with Crippen molar-refractivity contribution in [2.75, 3.05) is 19.7 Å². The highest BCUT2D eigenvalue weighted by atomic mass is 32.1. The normalized spacial score (nSPS) is 20.8. The van der Waals surface area contributed by atoms with Gasteiger partial charge < -0.3 is 15.2 Å². The van der Waals surface area contributed by atoms with Gasteiger partial charge in [0.1, 0.15) is 18.9 Å². The Morgan fingerprint density at radius 3 is 3.22 bits per heavy atom. The summed E-state index contributed by atoms with van der Waals surface area (Å²) < 4.78 is 13.0. The van der Waals surface area contributed by atoms with Gasteiger partial charge in [0.25, 0.3) is 0 Å². The molecule has 1 aromatic heterocycles. The average molecular weight is 269 g/mol. The Morgan fingerprint density at radius 1 is 1.56 bits per heavy atom. The molecule has 2 N–H and O–H groups in total. The zero-order chi connectivity index (χ0) is 12.6. The number of nitrogens with one attached hydrogen (secondary N) is 1. The van der Waals surface area contributed by atoms with Crippen molar-refractivity contribution in [1.29, 1.82) is 0 Å². The van der Waals surface area contributed by atoms with Crippen LogP contribution in [0.4, 0.5) is 0 Å². The maximum absolute atomic E-state index is 9.73. The number of rotatable bonds is 7. The molecule has 0 amide bonds. The zero-order valence-electron chi connectivity index (χ0n) is 10.3. The topological polar surface area (TPSA) is 67.3 Å². The fraction of sp³-hybridized carbons (Fsp3) is 0.667. The van der Waals surface area contributed by atoms with E-state index in [-0.39, 0.29) is 6.61 Å². The van der Waals surface area contributed by atoms with Crippen LogP contribution in [0, 0.1) is 5.92 Å². The van der Waals surface area contributed by atoms with E-state index in [0.29, 0.717) is 18.3 Å². The van der Waals surface area contributed by atoms with Crippen LogP contribution in [-0.4, -0.2) is 39.7 Å². The van der Waals surface area contributed by atoms with E-state index in [1.165, 1.54) is 12.8 Å². The quantitative estimate of drug-likeness (QED) is 0.729. The molecule has 0 saturated heterocycles. The maximum atomic E-state index is 9.73. The second kappa shape index (κ2) is 7.45. The van der Waals surface area contributed by atoms with Crippen LogP contribution in [0.25, 0.3) is 0 Å². The highest BCUT2D eigenvalue weighted by Gasteiger charge is 2.11. The van der Waals surface area contributed by atoms with Gasteiger partial charge in [-0.1, -0.05) is 12.2 Å². The first-order chi connectivity index (χ1) is 8.84. The fourth-order valence-corrected chi connectivity index (χ4v) is 2.32. The molecule has 6 heteroatoms. The summed E-state index contributed by atoms with van der Waals surface area (Å²) >= 11 is 1.10. The number of aliphatic hydroxyl groups is 1. The van der Waals surface area contributed by atoms with Crippen LogP contribution < -0.4 is 10.1 Å². The Morgan fingerprint density at radius 2 is 2.50 bits per heavy atom. The lowest BCUT2D eigenvalue weighted by atomic mass is 9.94. The SMILES string of the molecule is OC(CNCC1CC=CCC1)COc1cnsn1. The molecule has 0 saturated carbocycles. The summed E-state index contributed by atoms with van der Waals surface area (Å²) in [5, 5.41) is 13.0. The lowest BCUT2D eigenvalue weighted by Crippen LogP contribution is -2.34. The first-order valence-corrected chi connectivity index (χ1v) is 7.02. The number of aromatic nitrogens is 2. The molecule has 0 bridgehead atoms. The van der Waals surface area contributed by atoms with Crippen LogP contribution in [0.2, 0.25) is 0 Å². The number of nitrogens with zero attached hydrogens (tertiary/aromatic N) is 2. The van der Waals surface area contributed by atoms with Crippen molar-refractivity contribution < 1.29 is 9.84 Å². The molecular formula is C12H19N3O2S. The van der Waals surface area contributed by atoms with Gasteiger partial charge in [-0.3, -0.25) is 0 Å². The van der Waals surface area contributed by atoms with Crippen molar-refractivity contribution in [2.45, 2.75) is 25.4 Å². The number of allylic oxidation sites excluding steroid dienone is 2. The monoisotopic (exact) mass is 269 g/mol. The van der Waals surface area contributed by atoms with E-state index in [2.05, 4.69) is 26.2 Å². The van der Waals surface area contributed by atoms with Crippen LogP contribution in [0.5, 0.6) is 5.88 Å². The minimum atomic E-state index is -0.508. The second-order valence-corrected chi connectivity index (χ2v) is 5.08. The van der Waals surface area contributed by atoms with Gasteiger partial charge in [-0.25, -0.2) is 0 Å². The van der Waals surface area contributed by atoms with Gasteiger partial charge in [-0.05, 0) is 31.7 Å². The number of aliphatic hydroxyl groups excluding tert-OH is 1. The fourth-order valence-electron chi connectivity index (χ4n) is 1.96. The molecule has 0 fully saturated rings. The summed E-state index contributed by atoms with van der Waals surface area (Å²) in [6.45, 7) is 1.76. The molecule has 18 heavy (non-hydrogen) atoms. The summed E-state index contributed by atoms with van der Waals surface area (Å²) in [6.07, 6.45) is 9.08. The number of ether oxygens (including phenoxy) is 1. The second-order valence-electron chi connectivity index (χ2n) is 4.52. The first-order valence-electron chi connectivity index (χ1n) is 6.28. The van der Waals surface area contributed by atoms with Gasteiger partial charge in [0, 0.05) is 6.54 Å². The highest BCUT2D eigenvalue weighted by molar-refractivity contribution is 6.99. The maximum Gasteiger partial charge on any atom is 0.245 e. The summed E-state index contributed by atoms with van der Waals surface area (Å²) in [4.78, 5) is 0. The average Bonchev–Trinajstić information content (AvgIpc) is 2.91. The van der Waals surface area contributed by atoms with Gasteiger partial charge in [-0.2, -0.15) is 4.37 Å². The molecule has 1 aliphatic rings. The number of hydrogen-bond donors (Lipinski definition) is 2. The molecule has 0 aliphatic heterocycles. The molecular weight excluding hydrogens is 250 g/mol. The van der Waals surface area contributed by atoms with Crippen LogP contribution in [0.1, 0.15) is 19.3 Å². The van der Waals surface area contributed by atoms with E-state index in [0.717, 1.165) is 24.7 Å². The third kappa shape index (κ3) is 4.72. The third-order valence-corrected chi connectivity index (χ3v) is 3.42. The molecule has 5 nitrogen and oxygen atoms in total. The zero-order valence-corrected chi connectivity index (χ0v) is 11.1. The Labute approximate surface area is 111 Å². The highest BCUT2D eigenvalue weighted by Crippen LogP contribution is 2.16. The molecule has 2 unspecified atom stereocenters. The number of hydrogen-bond acceptors (Lipinski definition) is 6. The summed E-state index contributed by atoms with van der Waals surface area (Å²) in [5.74, 6) is 1.18. The Balaban J connectivity index is 1.54. The summed E-state index contributed by atoms with van der Waals surface area (Å²) in [6, 6.07) is 0. The van der Waals surface area contributed by atoms with Crippen LogP contribution in [0.3, 0.4) is 0 Å². The van der Waals surface area contributed by atoms with Gasteiger partial charge in [0.2, 0.25) is 5.88 Å².